The Kier molecular flexibility index (Phi) is 2.65. The molecule has 0 bridgehead atoms. The molecule has 0 aliphatic carbocycles. The number of amides is 1. The van der Waals surface area contributed by atoms with E-state index in [9.17, 15) is 4.79 Å². The van der Waals surface area contributed by atoms with Crippen molar-refractivity contribution in [3.05, 3.63) is 0 Å². The number of nitrogens with one attached hydrogen (secondary N) is 2. The molecule has 0 radical (unpaired) electrons. The quantitative estimate of drug-likeness (QED) is 0.501. The van der Waals surface area contributed by atoms with E-state index in [-0.39, 0.29) is 11.3 Å². The van der Waals surface area contributed by atoms with Crippen molar-refractivity contribution in [3.8, 4) is 0 Å². The van der Waals surface area contributed by atoms with Crippen molar-refractivity contribution in [3.63, 3.8) is 0 Å². The molecular formula is C6H14N2O. The van der Waals surface area contributed by atoms with Crippen molar-refractivity contribution in [2.24, 2.45) is 5.41 Å². The van der Waals surface area contributed by atoms with E-state index in [0.717, 1.165) is 0 Å². The van der Waals surface area contributed by atoms with Crippen LogP contribution in [0.2, 0.25) is 0 Å². The molecule has 54 valence electrons. The summed E-state index contributed by atoms with van der Waals surface area (Å²) in [6, 6.07) is 0. The fourth-order valence-corrected chi connectivity index (χ4v) is 0.301. The van der Waals surface area contributed by atoms with E-state index in [1.54, 1.807) is 7.05 Å². The molecule has 0 fully saturated rings. The third-order valence-electron chi connectivity index (χ3n) is 0.920. The zero-order chi connectivity index (χ0) is 7.49. The first-order valence-corrected chi connectivity index (χ1v) is 2.95. The molecule has 0 rings (SSSR count). The van der Waals surface area contributed by atoms with Crippen LogP contribution in [0.3, 0.4) is 0 Å². The molecule has 0 unspecified atom stereocenters. The lowest BCUT2D eigenvalue weighted by molar-refractivity contribution is -0.129. The van der Waals surface area contributed by atoms with Gasteiger partial charge in [0.05, 0.1) is 0 Å². The molecule has 0 spiro atoms. The number of hydrazine groups is 1. The highest BCUT2D eigenvalue weighted by Gasteiger charge is 2.19. The highest BCUT2D eigenvalue weighted by molar-refractivity contribution is 5.80. The second kappa shape index (κ2) is 2.82. The van der Waals surface area contributed by atoms with Gasteiger partial charge in [0.1, 0.15) is 0 Å². The first kappa shape index (κ1) is 8.43. The summed E-state index contributed by atoms with van der Waals surface area (Å²) in [5.74, 6) is 0.00463. The van der Waals surface area contributed by atoms with Crippen LogP contribution in [-0.4, -0.2) is 13.0 Å². The van der Waals surface area contributed by atoms with Gasteiger partial charge in [-0.1, -0.05) is 20.8 Å². The molecule has 0 aliphatic heterocycles. The highest BCUT2D eigenvalue weighted by Crippen LogP contribution is 2.11. The van der Waals surface area contributed by atoms with Crippen molar-refractivity contribution in [1.82, 2.24) is 10.9 Å². The third kappa shape index (κ3) is 3.08. The van der Waals surface area contributed by atoms with Crippen LogP contribution in [0.5, 0.6) is 0 Å². The van der Waals surface area contributed by atoms with Gasteiger partial charge >= 0.3 is 0 Å². The van der Waals surface area contributed by atoms with Gasteiger partial charge in [-0.2, -0.15) is 0 Å². The Morgan fingerprint density at radius 3 is 1.89 bits per heavy atom. The fraction of sp³-hybridized carbons (Fsp3) is 0.833. The number of carbonyl (C=O) groups is 1. The Hall–Kier alpha value is -0.570. The maximum Gasteiger partial charge on any atom is 0.239 e. The van der Waals surface area contributed by atoms with Crippen molar-refractivity contribution in [1.29, 1.82) is 0 Å². The molecule has 0 heterocycles. The number of hydrogen-bond donors (Lipinski definition) is 2. The van der Waals surface area contributed by atoms with Crippen molar-refractivity contribution in [2.75, 3.05) is 7.05 Å². The molecule has 9 heavy (non-hydrogen) atoms. The van der Waals surface area contributed by atoms with Crippen LogP contribution >= 0.6 is 0 Å². The lowest BCUT2D eigenvalue weighted by atomic mass is 9.96. The van der Waals surface area contributed by atoms with E-state index in [2.05, 4.69) is 10.9 Å². The van der Waals surface area contributed by atoms with Gasteiger partial charge < -0.3 is 0 Å². The van der Waals surface area contributed by atoms with Crippen LogP contribution in [0.1, 0.15) is 20.8 Å². The predicted molar refractivity (Wildman–Crippen MR) is 36.7 cm³/mol. The van der Waals surface area contributed by atoms with Crippen LogP contribution in [0.4, 0.5) is 0 Å². The van der Waals surface area contributed by atoms with Gasteiger partial charge in [0.2, 0.25) is 5.91 Å². The van der Waals surface area contributed by atoms with E-state index >= 15 is 0 Å². The zero-order valence-electron chi connectivity index (χ0n) is 6.41. The zero-order valence-corrected chi connectivity index (χ0v) is 6.41. The highest BCUT2D eigenvalue weighted by atomic mass is 16.2. The molecule has 0 aromatic carbocycles. The number of hydrogen-bond acceptors (Lipinski definition) is 2. The summed E-state index contributed by atoms with van der Waals surface area (Å²) in [5, 5.41) is 0. The molecule has 0 aliphatic rings. The van der Waals surface area contributed by atoms with Gasteiger partial charge in [-0.3, -0.25) is 10.2 Å². The summed E-state index contributed by atoms with van der Waals surface area (Å²) >= 11 is 0. The molecule has 1 amide bonds. The molecule has 0 saturated heterocycles. The SMILES string of the molecule is CNNC(=O)C(C)(C)C. The molecule has 3 heteroatoms. The van der Waals surface area contributed by atoms with Gasteiger partial charge in [0, 0.05) is 12.5 Å². The fourth-order valence-electron chi connectivity index (χ4n) is 0.301. The summed E-state index contributed by atoms with van der Waals surface area (Å²) in [5.41, 5.74) is 4.77. The minimum Gasteiger partial charge on any atom is -0.291 e. The Labute approximate surface area is 55.8 Å². The third-order valence-corrected chi connectivity index (χ3v) is 0.920. The van der Waals surface area contributed by atoms with E-state index in [1.807, 2.05) is 20.8 Å². The Morgan fingerprint density at radius 2 is 1.78 bits per heavy atom. The van der Waals surface area contributed by atoms with Gasteiger partial charge in [0.15, 0.2) is 0 Å². The molecule has 0 aromatic rings. The van der Waals surface area contributed by atoms with Gasteiger partial charge in [0.25, 0.3) is 0 Å². The second-order valence-corrected chi connectivity index (χ2v) is 2.95. The molecule has 2 N–H and O–H groups in total. The molecule has 0 aromatic heterocycles. The van der Waals surface area contributed by atoms with Crippen molar-refractivity contribution < 1.29 is 4.79 Å². The van der Waals surface area contributed by atoms with Crippen molar-refractivity contribution >= 4 is 5.91 Å². The maximum atomic E-state index is 10.9. The monoisotopic (exact) mass is 130 g/mol. The number of carbonyl (C=O) groups excluding carboxylic acids is 1. The average molecular weight is 130 g/mol. The average Bonchev–Trinajstić information content (AvgIpc) is 1.64. The topological polar surface area (TPSA) is 41.1 Å². The van der Waals surface area contributed by atoms with Crippen LogP contribution in [0, 0.1) is 5.41 Å². The first-order chi connectivity index (χ1) is 3.98. The largest absolute Gasteiger partial charge is 0.291 e. The normalized spacial score (nSPS) is 11.1. The molecule has 0 atom stereocenters. The standard InChI is InChI=1S/C6H14N2O/c1-6(2,3)5(9)8-7-4/h7H,1-4H3,(H,8,9). The van der Waals surface area contributed by atoms with Crippen molar-refractivity contribution in [2.45, 2.75) is 20.8 Å². The molecule has 3 nitrogen and oxygen atoms in total. The molecular weight excluding hydrogens is 116 g/mol. The lowest BCUT2D eigenvalue weighted by Gasteiger charge is -2.16. The smallest absolute Gasteiger partial charge is 0.239 e. The van der Waals surface area contributed by atoms with E-state index in [4.69, 9.17) is 0 Å². The first-order valence-electron chi connectivity index (χ1n) is 2.95. The Balaban J connectivity index is 3.74. The van der Waals surface area contributed by atoms with E-state index in [0.29, 0.717) is 0 Å². The van der Waals surface area contributed by atoms with Gasteiger partial charge in [-0.25, -0.2) is 5.43 Å². The van der Waals surface area contributed by atoms with Crippen LogP contribution in [-0.2, 0) is 4.79 Å². The van der Waals surface area contributed by atoms with E-state index in [1.165, 1.54) is 0 Å². The second-order valence-electron chi connectivity index (χ2n) is 2.95. The predicted octanol–water partition coefficient (Wildman–Crippen LogP) is 0.283. The number of rotatable bonds is 1. The Bertz CT molecular complexity index is 104. The Morgan fingerprint density at radius 1 is 1.33 bits per heavy atom. The van der Waals surface area contributed by atoms with Crippen LogP contribution in [0.15, 0.2) is 0 Å². The van der Waals surface area contributed by atoms with E-state index < -0.39 is 0 Å². The summed E-state index contributed by atoms with van der Waals surface area (Å²) in [4.78, 5) is 10.9. The molecule has 0 saturated carbocycles. The summed E-state index contributed by atoms with van der Waals surface area (Å²) in [6.07, 6.45) is 0. The van der Waals surface area contributed by atoms with Gasteiger partial charge in [-0.15, -0.1) is 0 Å². The summed E-state index contributed by atoms with van der Waals surface area (Å²) < 4.78 is 0. The maximum absolute atomic E-state index is 10.9. The van der Waals surface area contributed by atoms with Crippen LogP contribution in [0.25, 0.3) is 0 Å². The van der Waals surface area contributed by atoms with Gasteiger partial charge in [-0.05, 0) is 0 Å². The minimum atomic E-state index is -0.303. The van der Waals surface area contributed by atoms with Crippen LogP contribution < -0.4 is 10.9 Å². The summed E-state index contributed by atoms with van der Waals surface area (Å²) in [7, 11) is 1.67. The summed E-state index contributed by atoms with van der Waals surface area (Å²) in [6.45, 7) is 5.58. The lowest BCUT2D eigenvalue weighted by Crippen LogP contribution is -2.41. The minimum absolute atomic E-state index is 0.00463.